The summed E-state index contributed by atoms with van der Waals surface area (Å²) in [6, 6.07) is 19.8. The topological polar surface area (TPSA) is 96.0 Å². The van der Waals surface area contributed by atoms with E-state index in [-0.39, 0.29) is 23.4 Å². The molecule has 0 bridgehead atoms. The predicted octanol–water partition coefficient (Wildman–Crippen LogP) is 5.83. The molecule has 0 aromatic heterocycles. The van der Waals surface area contributed by atoms with Crippen molar-refractivity contribution in [2.45, 2.75) is 69.5 Å². The van der Waals surface area contributed by atoms with Gasteiger partial charge in [0, 0.05) is 17.1 Å². The second kappa shape index (κ2) is 14.2. The molecule has 0 radical (unpaired) electrons. The first-order chi connectivity index (χ1) is 20.1. The third-order valence-electron chi connectivity index (χ3n) is 7.63. The number of nitrogens with zero attached hydrogens (tertiary/aromatic N) is 2. The maximum atomic E-state index is 14.1. The SMILES string of the molecule is COc1ccc(S(=O)(=O)N(CC(=O)N(Cc2ccc(Br)cc2)[C@H](C)C(=O)NC2CCCCC2)c2ccc(C)cc2)cc1. The fraction of sp³-hybridized carbons (Fsp3) is 0.375. The second-order valence-corrected chi connectivity index (χ2v) is 13.5. The quantitative estimate of drug-likeness (QED) is 0.281. The van der Waals surface area contributed by atoms with Crippen LogP contribution in [-0.2, 0) is 26.2 Å². The van der Waals surface area contributed by atoms with Gasteiger partial charge >= 0.3 is 0 Å². The minimum absolute atomic E-state index is 0.0271. The summed E-state index contributed by atoms with van der Waals surface area (Å²) >= 11 is 3.44. The highest BCUT2D eigenvalue weighted by Gasteiger charge is 2.33. The molecule has 2 amide bonds. The molecule has 3 aromatic rings. The van der Waals surface area contributed by atoms with Gasteiger partial charge in [0.25, 0.3) is 10.0 Å². The Morgan fingerprint density at radius 2 is 1.57 bits per heavy atom. The summed E-state index contributed by atoms with van der Waals surface area (Å²) in [6.07, 6.45) is 5.12. The number of carbonyl (C=O) groups is 2. The minimum Gasteiger partial charge on any atom is -0.497 e. The number of carbonyl (C=O) groups excluding carboxylic acids is 2. The Morgan fingerprint density at radius 3 is 2.17 bits per heavy atom. The van der Waals surface area contributed by atoms with Crippen molar-refractivity contribution < 1.29 is 22.7 Å². The van der Waals surface area contributed by atoms with Crippen molar-refractivity contribution in [2.75, 3.05) is 18.0 Å². The Labute approximate surface area is 257 Å². The zero-order chi connectivity index (χ0) is 30.3. The number of nitrogens with one attached hydrogen (secondary N) is 1. The van der Waals surface area contributed by atoms with Crippen LogP contribution in [0.25, 0.3) is 0 Å². The summed E-state index contributed by atoms with van der Waals surface area (Å²) in [7, 11) is -2.64. The van der Waals surface area contributed by atoms with Gasteiger partial charge in [0.15, 0.2) is 0 Å². The largest absolute Gasteiger partial charge is 0.497 e. The number of aryl methyl sites for hydroxylation is 1. The van der Waals surface area contributed by atoms with E-state index in [0.717, 1.165) is 52.0 Å². The monoisotopic (exact) mass is 655 g/mol. The zero-order valence-corrected chi connectivity index (χ0v) is 26.7. The molecule has 0 saturated heterocycles. The molecule has 8 nitrogen and oxygen atoms in total. The number of sulfonamides is 1. The van der Waals surface area contributed by atoms with Crippen molar-refractivity contribution in [2.24, 2.45) is 0 Å². The molecule has 10 heteroatoms. The van der Waals surface area contributed by atoms with Crippen LogP contribution in [0.2, 0.25) is 0 Å². The molecule has 1 atom stereocenters. The zero-order valence-electron chi connectivity index (χ0n) is 24.3. The molecule has 0 heterocycles. The molecule has 1 fully saturated rings. The Balaban J connectivity index is 1.66. The lowest BCUT2D eigenvalue weighted by atomic mass is 9.95. The third-order valence-corrected chi connectivity index (χ3v) is 9.95. The van der Waals surface area contributed by atoms with E-state index in [2.05, 4.69) is 21.2 Å². The van der Waals surface area contributed by atoms with E-state index in [1.807, 2.05) is 31.2 Å². The van der Waals surface area contributed by atoms with E-state index >= 15 is 0 Å². The number of halogens is 1. The van der Waals surface area contributed by atoms with E-state index in [9.17, 15) is 18.0 Å². The fourth-order valence-electron chi connectivity index (χ4n) is 5.05. The van der Waals surface area contributed by atoms with Gasteiger partial charge in [-0.15, -0.1) is 0 Å². The first-order valence-electron chi connectivity index (χ1n) is 14.2. The van der Waals surface area contributed by atoms with Crippen LogP contribution in [0, 0.1) is 6.92 Å². The highest BCUT2D eigenvalue weighted by molar-refractivity contribution is 9.10. The first-order valence-corrected chi connectivity index (χ1v) is 16.4. The van der Waals surface area contributed by atoms with Crippen LogP contribution in [0.15, 0.2) is 82.2 Å². The maximum Gasteiger partial charge on any atom is 0.264 e. The van der Waals surface area contributed by atoms with Crippen LogP contribution >= 0.6 is 15.9 Å². The van der Waals surface area contributed by atoms with Gasteiger partial charge in [-0.1, -0.05) is 65.0 Å². The molecule has 1 N–H and O–H groups in total. The number of hydrogen-bond donors (Lipinski definition) is 1. The Morgan fingerprint density at radius 1 is 0.952 bits per heavy atom. The molecule has 1 saturated carbocycles. The Hall–Kier alpha value is -3.37. The normalized spacial score (nSPS) is 14.6. The summed E-state index contributed by atoms with van der Waals surface area (Å²) in [4.78, 5) is 29.0. The molecule has 4 rings (SSSR count). The van der Waals surface area contributed by atoms with Crippen LogP contribution in [0.1, 0.15) is 50.2 Å². The lowest BCUT2D eigenvalue weighted by molar-refractivity contribution is -0.139. The summed E-state index contributed by atoms with van der Waals surface area (Å²) in [5.41, 5.74) is 2.13. The van der Waals surface area contributed by atoms with Crippen molar-refractivity contribution in [1.82, 2.24) is 10.2 Å². The number of anilines is 1. The number of methoxy groups -OCH3 is 1. The Kier molecular flexibility index (Phi) is 10.7. The molecule has 224 valence electrons. The third kappa shape index (κ3) is 7.92. The number of hydrogen-bond acceptors (Lipinski definition) is 5. The predicted molar refractivity (Wildman–Crippen MR) is 168 cm³/mol. The van der Waals surface area contributed by atoms with Gasteiger partial charge in [0.2, 0.25) is 11.8 Å². The number of ether oxygens (including phenoxy) is 1. The first kappa shape index (κ1) is 31.6. The molecule has 1 aliphatic carbocycles. The number of rotatable bonds is 11. The smallest absolute Gasteiger partial charge is 0.264 e. The van der Waals surface area contributed by atoms with E-state index in [1.165, 1.54) is 24.1 Å². The van der Waals surface area contributed by atoms with Crippen molar-refractivity contribution in [3.05, 3.63) is 88.4 Å². The fourth-order valence-corrected chi connectivity index (χ4v) is 6.73. The van der Waals surface area contributed by atoms with Gasteiger partial charge in [-0.25, -0.2) is 8.42 Å². The van der Waals surface area contributed by atoms with Crippen molar-refractivity contribution in [1.29, 1.82) is 0 Å². The van der Waals surface area contributed by atoms with Crippen molar-refractivity contribution in [3.8, 4) is 5.75 Å². The van der Waals surface area contributed by atoms with Gasteiger partial charge in [-0.05, 0) is 80.8 Å². The van der Waals surface area contributed by atoms with E-state index in [1.54, 1.807) is 43.3 Å². The standard InChI is InChI=1S/C32H38BrN3O5S/c1-23-9-15-28(16-10-23)36(42(39,40)30-19-17-29(41-3)18-20-30)22-31(37)35(21-25-11-13-26(33)14-12-25)24(2)32(38)34-27-7-5-4-6-8-27/h9-20,24,27H,4-8,21-22H2,1-3H3,(H,34,38)/t24-/m1/s1. The summed E-state index contributed by atoms with van der Waals surface area (Å²) in [5.74, 6) is -0.209. The summed E-state index contributed by atoms with van der Waals surface area (Å²) in [5, 5.41) is 3.12. The summed E-state index contributed by atoms with van der Waals surface area (Å²) < 4.78 is 35.1. The van der Waals surface area contributed by atoms with Crippen LogP contribution in [0.3, 0.4) is 0 Å². The second-order valence-electron chi connectivity index (χ2n) is 10.7. The molecule has 42 heavy (non-hydrogen) atoms. The molecule has 0 spiro atoms. The van der Waals surface area contributed by atoms with Gasteiger partial charge in [-0.3, -0.25) is 13.9 Å². The molecule has 0 aliphatic heterocycles. The van der Waals surface area contributed by atoms with Crippen molar-refractivity contribution >= 4 is 43.5 Å². The van der Waals surface area contributed by atoms with E-state index in [4.69, 9.17) is 4.74 Å². The lowest BCUT2D eigenvalue weighted by Crippen LogP contribution is -2.53. The highest BCUT2D eigenvalue weighted by atomic mass is 79.9. The average molecular weight is 657 g/mol. The average Bonchev–Trinajstić information content (AvgIpc) is 3.00. The van der Waals surface area contributed by atoms with E-state index < -0.39 is 28.5 Å². The maximum absolute atomic E-state index is 14.1. The number of amides is 2. The van der Waals surface area contributed by atoms with E-state index in [0.29, 0.717) is 11.4 Å². The van der Waals surface area contributed by atoms with Crippen molar-refractivity contribution in [3.63, 3.8) is 0 Å². The van der Waals surface area contributed by atoms with Crippen LogP contribution < -0.4 is 14.4 Å². The van der Waals surface area contributed by atoms with Gasteiger partial charge in [0.1, 0.15) is 18.3 Å². The minimum atomic E-state index is -4.14. The molecular weight excluding hydrogens is 618 g/mol. The molecule has 1 aliphatic rings. The molecule has 3 aromatic carbocycles. The highest BCUT2D eigenvalue weighted by Crippen LogP contribution is 2.27. The molecular formula is C32H38BrN3O5S. The number of benzene rings is 3. The van der Waals surface area contributed by atoms with Crippen LogP contribution in [-0.4, -0.2) is 50.9 Å². The summed E-state index contributed by atoms with van der Waals surface area (Å²) in [6.45, 7) is 3.28. The lowest BCUT2D eigenvalue weighted by Gasteiger charge is -2.33. The van der Waals surface area contributed by atoms with Gasteiger partial charge in [-0.2, -0.15) is 0 Å². The van der Waals surface area contributed by atoms with Gasteiger partial charge < -0.3 is 15.0 Å². The van der Waals surface area contributed by atoms with Crippen LogP contribution in [0.4, 0.5) is 5.69 Å². The molecule has 0 unspecified atom stereocenters. The van der Waals surface area contributed by atoms with Crippen LogP contribution in [0.5, 0.6) is 5.75 Å². The van der Waals surface area contributed by atoms with Gasteiger partial charge in [0.05, 0.1) is 17.7 Å². The Bertz CT molecular complexity index is 1460.